The molecule has 0 saturated carbocycles. The van der Waals surface area contributed by atoms with Crippen LogP contribution in [0.25, 0.3) is 0 Å². The number of imidazole rings is 1. The molecule has 1 rings (SSSR count). The van der Waals surface area contributed by atoms with E-state index in [1.54, 1.807) is 6.20 Å². The van der Waals surface area contributed by atoms with Gasteiger partial charge in [-0.3, -0.25) is 0 Å². The minimum Gasteiger partial charge on any atom is -0.396 e. The molecule has 0 amide bonds. The highest BCUT2D eigenvalue weighted by Gasteiger charge is 1.89. The van der Waals surface area contributed by atoms with E-state index in [4.69, 9.17) is 5.11 Å². The summed E-state index contributed by atoms with van der Waals surface area (Å²) in [5.41, 5.74) is 0.854. The highest BCUT2D eigenvalue weighted by atomic mass is 16.3. The first-order valence-electron chi connectivity index (χ1n) is 2.44. The molecule has 0 saturated heterocycles. The second kappa shape index (κ2) is 2.47. The molecule has 0 unspecified atom stereocenters. The SMILES string of the molecule is OCCc1c[nH][c]n1. The van der Waals surface area contributed by atoms with Gasteiger partial charge >= 0.3 is 0 Å². The lowest BCUT2D eigenvalue weighted by molar-refractivity contribution is 0.298. The average Bonchev–Trinajstić information content (AvgIpc) is 2.19. The lowest BCUT2D eigenvalue weighted by atomic mass is 10.4. The summed E-state index contributed by atoms with van der Waals surface area (Å²) in [5.74, 6) is 0. The molecular weight excluding hydrogens is 104 g/mol. The fraction of sp³-hybridized carbons (Fsp3) is 0.400. The van der Waals surface area contributed by atoms with Crippen LogP contribution in [0.1, 0.15) is 5.69 Å². The van der Waals surface area contributed by atoms with Crippen molar-refractivity contribution in [1.82, 2.24) is 9.97 Å². The fourth-order valence-corrected chi connectivity index (χ4v) is 0.495. The molecule has 0 bridgehead atoms. The number of nitrogens with zero attached hydrogens (tertiary/aromatic N) is 1. The second-order valence-corrected chi connectivity index (χ2v) is 1.48. The predicted molar refractivity (Wildman–Crippen MR) is 28.2 cm³/mol. The molecule has 3 nitrogen and oxygen atoms in total. The number of aromatic nitrogens is 2. The highest BCUT2D eigenvalue weighted by Crippen LogP contribution is 1.88. The van der Waals surface area contributed by atoms with E-state index in [9.17, 15) is 0 Å². The van der Waals surface area contributed by atoms with Crippen molar-refractivity contribution in [3.8, 4) is 0 Å². The molecule has 8 heavy (non-hydrogen) atoms. The molecule has 0 aliphatic rings. The average molecular weight is 111 g/mol. The normalized spacial score (nSPS) is 9.62. The molecule has 43 valence electrons. The fourth-order valence-electron chi connectivity index (χ4n) is 0.495. The lowest BCUT2D eigenvalue weighted by Crippen LogP contribution is -1.88. The van der Waals surface area contributed by atoms with E-state index in [0.717, 1.165) is 5.69 Å². The number of aliphatic hydroxyl groups excluding tert-OH is 1. The van der Waals surface area contributed by atoms with Gasteiger partial charge in [0.1, 0.15) is 0 Å². The number of H-pyrrole nitrogens is 1. The summed E-state index contributed by atoms with van der Waals surface area (Å²) in [5, 5.41) is 8.37. The van der Waals surface area contributed by atoms with Crippen LogP contribution < -0.4 is 0 Å². The van der Waals surface area contributed by atoms with Crippen LogP contribution >= 0.6 is 0 Å². The van der Waals surface area contributed by atoms with Gasteiger partial charge < -0.3 is 10.1 Å². The number of rotatable bonds is 2. The van der Waals surface area contributed by atoms with Crippen molar-refractivity contribution in [2.45, 2.75) is 6.42 Å². The van der Waals surface area contributed by atoms with Crippen LogP contribution in [0.4, 0.5) is 0 Å². The van der Waals surface area contributed by atoms with Crippen LogP contribution in [-0.4, -0.2) is 21.7 Å². The van der Waals surface area contributed by atoms with E-state index in [-0.39, 0.29) is 6.61 Å². The first-order chi connectivity index (χ1) is 3.93. The Bertz CT molecular complexity index is 136. The molecule has 0 atom stereocenters. The van der Waals surface area contributed by atoms with Crippen LogP contribution in [0.5, 0.6) is 0 Å². The largest absolute Gasteiger partial charge is 0.396 e. The van der Waals surface area contributed by atoms with Gasteiger partial charge in [0.25, 0.3) is 0 Å². The summed E-state index contributed by atoms with van der Waals surface area (Å²) in [7, 11) is 0. The van der Waals surface area contributed by atoms with E-state index in [0.29, 0.717) is 6.42 Å². The van der Waals surface area contributed by atoms with Gasteiger partial charge in [0, 0.05) is 19.2 Å². The summed E-state index contributed by atoms with van der Waals surface area (Å²) in [4.78, 5) is 6.43. The first-order valence-corrected chi connectivity index (χ1v) is 2.44. The molecule has 0 spiro atoms. The second-order valence-electron chi connectivity index (χ2n) is 1.48. The van der Waals surface area contributed by atoms with Crippen LogP contribution in [0.3, 0.4) is 0 Å². The minimum absolute atomic E-state index is 0.151. The maximum Gasteiger partial charge on any atom is 0.173 e. The number of nitrogens with one attached hydrogen (secondary N) is 1. The third kappa shape index (κ3) is 1.07. The highest BCUT2D eigenvalue weighted by molar-refractivity contribution is 4.92. The van der Waals surface area contributed by atoms with E-state index < -0.39 is 0 Å². The Labute approximate surface area is 47.4 Å². The Morgan fingerprint density at radius 1 is 1.88 bits per heavy atom. The van der Waals surface area contributed by atoms with Crippen molar-refractivity contribution < 1.29 is 5.11 Å². The van der Waals surface area contributed by atoms with Crippen LogP contribution in [0.15, 0.2) is 6.20 Å². The summed E-state index contributed by atoms with van der Waals surface area (Å²) < 4.78 is 0. The van der Waals surface area contributed by atoms with Crippen molar-refractivity contribution in [3.05, 3.63) is 18.2 Å². The Balaban J connectivity index is 2.50. The number of aromatic amines is 1. The molecule has 3 heteroatoms. The molecule has 1 aromatic rings. The maximum absolute atomic E-state index is 8.37. The van der Waals surface area contributed by atoms with Crippen molar-refractivity contribution in [1.29, 1.82) is 0 Å². The molecular formula is C5H7N2O. The van der Waals surface area contributed by atoms with Crippen LogP contribution in [-0.2, 0) is 6.42 Å². The van der Waals surface area contributed by atoms with Crippen LogP contribution in [0.2, 0.25) is 0 Å². The van der Waals surface area contributed by atoms with Crippen LogP contribution in [0, 0.1) is 6.33 Å². The lowest BCUT2D eigenvalue weighted by Gasteiger charge is -1.84. The zero-order valence-corrected chi connectivity index (χ0v) is 4.39. The van der Waals surface area contributed by atoms with Gasteiger partial charge in [0.15, 0.2) is 6.33 Å². The number of aliphatic hydroxyl groups is 1. The zero-order valence-electron chi connectivity index (χ0n) is 4.39. The molecule has 0 aromatic carbocycles. The Kier molecular flexibility index (Phi) is 1.64. The number of hydrogen-bond acceptors (Lipinski definition) is 2. The zero-order chi connectivity index (χ0) is 5.82. The Morgan fingerprint density at radius 3 is 3.25 bits per heavy atom. The Morgan fingerprint density at radius 2 is 2.75 bits per heavy atom. The molecule has 1 aromatic heterocycles. The Hall–Kier alpha value is -0.830. The third-order valence-electron chi connectivity index (χ3n) is 0.871. The molecule has 0 aliphatic heterocycles. The monoisotopic (exact) mass is 111 g/mol. The molecule has 1 radical (unpaired) electrons. The van der Waals surface area contributed by atoms with Gasteiger partial charge in [-0.2, -0.15) is 0 Å². The van der Waals surface area contributed by atoms with Gasteiger partial charge in [0.2, 0.25) is 0 Å². The van der Waals surface area contributed by atoms with Gasteiger partial charge in [0.05, 0.1) is 5.69 Å². The molecule has 0 aliphatic carbocycles. The van der Waals surface area contributed by atoms with E-state index >= 15 is 0 Å². The predicted octanol–water partition coefficient (Wildman–Crippen LogP) is -0.255. The molecule has 1 heterocycles. The molecule has 0 fully saturated rings. The number of hydrogen-bond donors (Lipinski definition) is 2. The van der Waals surface area contributed by atoms with Crippen molar-refractivity contribution in [2.75, 3.05) is 6.61 Å². The van der Waals surface area contributed by atoms with Gasteiger partial charge in [-0.1, -0.05) is 0 Å². The molecule has 2 N–H and O–H groups in total. The maximum atomic E-state index is 8.37. The summed E-state index contributed by atoms with van der Waals surface area (Å²) in [6, 6.07) is 0. The van der Waals surface area contributed by atoms with Gasteiger partial charge in [-0.25, -0.2) is 4.98 Å². The smallest absolute Gasteiger partial charge is 0.173 e. The third-order valence-corrected chi connectivity index (χ3v) is 0.871. The first kappa shape index (κ1) is 5.31. The summed E-state index contributed by atoms with van der Waals surface area (Å²) >= 11 is 0. The van der Waals surface area contributed by atoms with Crippen molar-refractivity contribution >= 4 is 0 Å². The van der Waals surface area contributed by atoms with Crippen molar-refractivity contribution in [3.63, 3.8) is 0 Å². The summed E-state index contributed by atoms with van der Waals surface area (Å²) in [6.07, 6.45) is 4.86. The van der Waals surface area contributed by atoms with Crippen molar-refractivity contribution in [2.24, 2.45) is 0 Å². The van der Waals surface area contributed by atoms with Gasteiger partial charge in [-0.05, 0) is 0 Å². The van der Waals surface area contributed by atoms with E-state index in [2.05, 4.69) is 16.3 Å². The topological polar surface area (TPSA) is 48.9 Å². The standard InChI is InChI=1S/C5H7N2O/c8-2-1-5-3-6-4-7-5/h3,8H,1-2H2,(H,6,7). The minimum atomic E-state index is 0.151. The summed E-state index contributed by atoms with van der Waals surface area (Å²) in [6.45, 7) is 0.151. The van der Waals surface area contributed by atoms with Gasteiger partial charge in [-0.15, -0.1) is 0 Å². The van der Waals surface area contributed by atoms with E-state index in [1.807, 2.05) is 0 Å². The quantitative estimate of drug-likeness (QED) is 0.552. The van der Waals surface area contributed by atoms with E-state index in [1.165, 1.54) is 0 Å².